The van der Waals surface area contributed by atoms with Gasteiger partial charge in [0.05, 0.1) is 11.1 Å². The maximum absolute atomic E-state index is 11.7. The normalized spacial score (nSPS) is 13.5. The standard InChI is InChI=1S/C12H9NO2/c1-2-3-8-13-11(14)9-6-4-5-7-10(9)12(13)15/h4-7H,2H2,1H3. The Kier molecular flexibility index (Phi) is 2.26. The lowest BCUT2D eigenvalue weighted by Crippen LogP contribution is -2.24. The van der Waals surface area contributed by atoms with E-state index < -0.39 is 0 Å². The number of rotatable bonds is 0. The fourth-order valence-corrected chi connectivity index (χ4v) is 1.45. The minimum atomic E-state index is -0.323. The summed E-state index contributed by atoms with van der Waals surface area (Å²) in [5.41, 5.74) is 0.876. The molecule has 2 rings (SSSR count). The lowest BCUT2D eigenvalue weighted by atomic mass is 10.1. The van der Waals surface area contributed by atoms with E-state index in [-0.39, 0.29) is 11.8 Å². The van der Waals surface area contributed by atoms with E-state index in [0.29, 0.717) is 17.5 Å². The highest BCUT2D eigenvalue weighted by atomic mass is 16.2. The second-order valence-electron chi connectivity index (χ2n) is 3.13. The molecule has 0 radical (unpaired) electrons. The van der Waals surface area contributed by atoms with E-state index in [4.69, 9.17) is 0 Å². The molecular formula is C12H9NO2. The molecule has 1 aliphatic heterocycles. The van der Waals surface area contributed by atoms with Gasteiger partial charge in [-0.1, -0.05) is 25.0 Å². The van der Waals surface area contributed by atoms with Crippen LogP contribution in [0.25, 0.3) is 0 Å². The van der Waals surface area contributed by atoms with E-state index in [0.717, 1.165) is 4.90 Å². The summed E-state index contributed by atoms with van der Waals surface area (Å²) in [5.74, 6) is 2.07. The van der Waals surface area contributed by atoms with Crippen LogP contribution in [0.15, 0.2) is 24.3 Å². The molecular weight excluding hydrogens is 190 g/mol. The van der Waals surface area contributed by atoms with Crippen LogP contribution in [-0.4, -0.2) is 16.7 Å². The molecule has 0 aliphatic carbocycles. The second kappa shape index (κ2) is 3.58. The third-order valence-electron chi connectivity index (χ3n) is 2.16. The lowest BCUT2D eigenvalue weighted by Gasteiger charge is -2.01. The number of imide groups is 1. The molecule has 1 aromatic carbocycles. The number of hydrogen-bond donors (Lipinski definition) is 0. The van der Waals surface area contributed by atoms with Crippen LogP contribution in [0.5, 0.6) is 0 Å². The maximum Gasteiger partial charge on any atom is 0.273 e. The molecule has 0 saturated heterocycles. The van der Waals surface area contributed by atoms with Crippen LogP contribution in [0.4, 0.5) is 0 Å². The van der Waals surface area contributed by atoms with Gasteiger partial charge in [-0.05, 0) is 12.1 Å². The number of nitrogens with zero attached hydrogens (tertiary/aromatic N) is 1. The van der Waals surface area contributed by atoms with Crippen molar-refractivity contribution < 1.29 is 9.59 Å². The van der Waals surface area contributed by atoms with Crippen molar-refractivity contribution in [3.05, 3.63) is 35.4 Å². The van der Waals surface area contributed by atoms with Crippen molar-refractivity contribution in [2.24, 2.45) is 0 Å². The van der Waals surface area contributed by atoms with Crippen LogP contribution in [0.2, 0.25) is 0 Å². The highest BCUT2D eigenvalue weighted by Crippen LogP contribution is 2.21. The average molecular weight is 199 g/mol. The van der Waals surface area contributed by atoms with Gasteiger partial charge in [-0.25, -0.2) is 0 Å². The second-order valence-corrected chi connectivity index (χ2v) is 3.13. The van der Waals surface area contributed by atoms with Crippen LogP contribution >= 0.6 is 0 Å². The third-order valence-corrected chi connectivity index (χ3v) is 2.16. The zero-order valence-electron chi connectivity index (χ0n) is 8.28. The van der Waals surface area contributed by atoms with Gasteiger partial charge in [0.1, 0.15) is 0 Å². The predicted molar refractivity (Wildman–Crippen MR) is 55.0 cm³/mol. The van der Waals surface area contributed by atoms with E-state index in [1.165, 1.54) is 0 Å². The first-order chi connectivity index (χ1) is 7.25. The predicted octanol–water partition coefficient (Wildman–Crippen LogP) is 1.65. The third kappa shape index (κ3) is 1.40. The highest BCUT2D eigenvalue weighted by Gasteiger charge is 2.34. The Balaban J connectivity index is 2.46. The SMILES string of the molecule is CCC#CN1C(=O)c2ccccc2C1=O. The van der Waals surface area contributed by atoms with Crippen molar-refractivity contribution in [2.45, 2.75) is 13.3 Å². The van der Waals surface area contributed by atoms with Gasteiger partial charge in [0.2, 0.25) is 0 Å². The number of amides is 2. The molecule has 1 aliphatic rings. The minimum Gasteiger partial charge on any atom is -0.267 e. The van der Waals surface area contributed by atoms with Gasteiger partial charge in [-0.15, -0.1) is 0 Å². The fraction of sp³-hybridized carbons (Fsp3) is 0.167. The van der Waals surface area contributed by atoms with Crippen LogP contribution in [0.3, 0.4) is 0 Å². The number of hydrogen-bond acceptors (Lipinski definition) is 2. The van der Waals surface area contributed by atoms with E-state index in [1.807, 2.05) is 6.92 Å². The molecule has 0 N–H and O–H groups in total. The Morgan fingerprint density at radius 1 is 1.13 bits per heavy atom. The van der Waals surface area contributed by atoms with Crippen LogP contribution in [-0.2, 0) is 0 Å². The number of fused-ring (bicyclic) bond motifs is 1. The Hall–Kier alpha value is -2.08. The van der Waals surface area contributed by atoms with Crippen molar-refractivity contribution in [3.8, 4) is 12.0 Å². The zero-order valence-corrected chi connectivity index (χ0v) is 8.28. The van der Waals surface area contributed by atoms with Gasteiger partial charge >= 0.3 is 0 Å². The topological polar surface area (TPSA) is 37.4 Å². The smallest absolute Gasteiger partial charge is 0.267 e. The number of carbonyl (C=O) groups is 2. The van der Waals surface area contributed by atoms with Crippen molar-refractivity contribution in [2.75, 3.05) is 0 Å². The van der Waals surface area contributed by atoms with Gasteiger partial charge in [-0.2, -0.15) is 4.90 Å². The van der Waals surface area contributed by atoms with Gasteiger partial charge in [0.15, 0.2) is 0 Å². The molecule has 3 heteroatoms. The van der Waals surface area contributed by atoms with E-state index in [1.54, 1.807) is 24.3 Å². The Labute approximate surface area is 87.7 Å². The molecule has 0 atom stereocenters. The molecule has 0 spiro atoms. The maximum atomic E-state index is 11.7. The molecule has 15 heavy (non-hydrogen) atoms. The summed E-state index contributed by atoms with van der Waals surface area (Å²) < 4.78 is 0. The molecule has 2 amide bonds. The van der Waals surface area contributed by atoms with Crippen molar-refractivity contribution in [1.29, 1.82) is 0 Å². The summed E-state index contributed by atoms with van der Waals surface area (Å²) in [6.07, 6.45) is 0.618. The molecule has 74 valence electrons. The average Bonchev–Trinajstić information content (AvgIpc) is 2.51. The lowest BCUT2D eigenvalue weighted by molar-refractivity contribution is 0.0735. The van der Waals surface area contributed by atoms with Crippen LogP contribution < -0.4 is 0 Å². The summed E-state index contributed by atoms with van der Waals surface area (Å²) in [6, 6.07) is 9.32. The Morgan fingerprint density at radius 2 is 1.67 bits per heavy atom. The quantitative estimate of drug-likeness (QED) is 0.470. The summed E-state index contributed by atoms with van der Waals surface area (Å²) in [5, 5.41) is 0. The molecule has 0 unspecified atom stereocenters. The monoisotopic (exact) mass is 199 g/mol. The summed E-state index contributed by atoms with van der Waals surface area (Å²) >= 11 is 0. The summed E-state index contributed by atoms with van der Waals surface area (Å²) in [7, 11) is 0. The highest BCUT2D eigenvalue weighted by molar-refractivity contribution is 6.22. The van der Waals surface area contributed by atoms with Crippen molar-refractivity contribution in [1.82, 2.24) is 4.90 Å². The van der Waals surface area contributed by atoms with Gasteiger partial charge in [0, 0.05) is 12.5 Å². The Morgan fingerprint density at radius 3 is 2.13 bits per heavy atom. The minimum absolute atomic E-state index is 0.323. The number of benzene rings is 1. The number of carbonyl (C=O) groups excluding carboxylic acids is 2. The Bertz CT molecular complexity index is 459. The largest absolute Gasteiger partial charge is 0.273 e. The summed E-state index contributed by atoms with van der Waals surface area (Å²) in [4.78, 5) is 24.4. The van der Waals surface area contributed by atoms with E-state index in [9.17, 15) is 9.59 Å². The first-order valence-electron chi connectivity index (χ1n) is 4.72. The zero-order chi connectivity index (χ0) is 10.8. The van der Waals surface area contributed by atoms with Gasteiger partial charge in [-0.3, -0.25) is 9.59 Å². The van der Waals surface area contributed by atoms with E-state index in [2.05, 4.69) is 12.0 Å². The molecule has 0 saturated carbocycles. The van der Waals surface area contributed by atoms with Crippen molar-refractivity contribution >= 4 is 11.8 Å². The van der Waals surface area contributed by atoms with E-state index >= 15 is 0 Å². The van der Waals surface area contributed by atoms with Crippen LogP contribution in [0, 0.1) is 12.0 Å². The molecule has 0 bridgehead atoms. The molecule has 0 fully saturated rings. The first kappa shape index (κ1) is 9.47. The fourth-order valence-electron chi connectivity index (χ4n) is 1.45. The molecule has 3 nitrogen and oxygen atoms in total. The van der Waals surface area contributed by atoms with Gasteiger partial charge in [0.25, 0.3) is 11.8 Å². The first-order valence-corrected chi connectivity index (χ1v) is 4.72. The molecule has 1 heterocycles. The van der Waals surface area contributed by atoms with Crippen molar-refractivity contribution in [3.63, 3.8) is 0 Å². The summed E-state index contributed by atoms with van der Waals surface area (Å²) in [6.45, 7) is 1.87. The molecule has 0 aromatic heterocycles. The molecule has 1 aromatic rings. The van der Waals surface area contributed by atoms with Crippen LogP contribution in [0.1, 0.15) is 34.1 Å². The van der Waals surface area contributed by atoms with Gasteiger partial charge < -0.3 is 0 Å².